The smallest absolute Gasteiger partial charge is 0.311 e. The van der Waals surface area contributed by atoms with E-state index in [9.17, 15) is 19.5 Å². The summed E-state index contributed by atoms with van der Waals surface area (Å²) in [6.45, 7) is 3.73. The van der Waals surface area contributed by atoms with Crippen molar-refractivity contribution in [3.8, 4) is 0 Å². The first-order valence-corrected chi connectivity index (χ1v) is 7.39. The molecular weight excluding hydrogens is 268 g/mol. The zero-order valence-electron chi connectivity index (χ0n) is 11.4. The average molecular weight is 290 g/mol. The molecule has 0 aromatic rings. The lowest BCUT2D eigenvalue weighted by molar-refractivity contribution is -0.149. The molecular formula is C12H22N2O4S. The van der Waals surface area contributed by atoms with Crippen LogP contribution in [-0.2, 0) is 14.4 Å². The van der Waals surface area contributed by atoms with Gasteiger partial charge in [-0.15, -0.1) is 0 Å². The van der Waals surface area contributed by atoms with Crippen molar-refractivity contribution in [2.45, 2.75) is 33.1 Å². The molecule has 7 heteroatoms. The van der Waals surface area contributed by atoms with Crippen molar-refractivity contribution in [1.29, 1.82) is 0 Å². The van der Waals surface area contributed by atoms with E-state index in [1.165, 1.54) is 11.8 Å². The van der Waals surface area contributed by atoms with E-state index in [0.717, 1.165) is 0 Å². The molecule has 6 nitrogen and oxygen atoms in total. The molecule has 0 atom stereocenters. The Morgan fingerprint density at radius 3 is 2.26 bits per heavy atom. The molecule has 0 aromatic carbocycles. The van der Waals surface area contributed by atoms with Crippen molar-refractivity contribution >= 4 is 29.5 Å². The number of rotatable bonds is 10. The van der Waals surface area contributed by atoms with Gasteiger partial charge < -0.3 is 16.2 Å². The van der Waals surface area contributed by atoms with E-state index in [-0.39, 0.29) is 24.6 Å². The van der Waals surface area contributed by atoms with E-state index >= 15 is 0 Å². The van der Waals surface area contributed by atoms with Gasteiger partial charge >= 0.3 is 5.97 Å². The second kappa shape index (κ2) is 8.79. The zero-order chi connectivity index (χ0) is 14.9. The maximum Gasteiger partial charge on any atom is 0.311 e. The van der Waals surface area contributed by atoms with Gasteiger partial charge in [-0.05, 0) is 12.8 Å². The molecule has 110 valence electrons. The first-order chi connectivity index (χ1) is 8.88. The molecule has 0 fully saturated rings. The normalized spacial score (nSPS) is 11.1. The van der Waals surface area contributed by atoms with Crippen LogP contribution in [0, 0.1) is 5.41 Å². The minimum Gasteiger partial charge on any atom is -0.481 e. The summed E-state index contributed by atoms with van der Waals surface area (Å²) in [4.78, 5) is 33.3. The standard InChI is InChI=1S/C12H22N2O4S/c1-3-12(4-2,11(17)18)8-14-10(16)5-6-19-7-9(13)15/h3-8H2,1-2H3,(H2,13,15)(H,14,16)(H,17,18). The first kappa shape index (κ1) is 17.8. The van der Waals surface area contributed by atoms with Gasteiger partial charge in [0.15, 0.2) is 0 Å². The van der Waals surface area contributed by atoms with Gasteiger partial charge in [-0.1, -0.05) is 13.8 Å². The summed E-state index contributed by atoms with van der Waals surface area (Å²) in [7, 11) is 0. The fraction of sp³-hybridized carbons (Fsp3) is 0.750. The quantitative estimate of drug-likeness (QED) is 0.510. The lowest BCUT2D eigenvalue weighted by Crippen LogP contribution is -2.42. The van der Waals surface area contributed by atoms with Crippen molar-refractivity contribution in [2.75, 3.05) is 18.1 Å². The second-order valence-corrected chi connectivity index (χ2v) is 5.44. The lowest BCUT2D eigenvalue weighted by Gasteiger charge is -2.26. The van der Waals surface area contributed by atoms with Crippen molar-refractivity contribution < 1.29 is 19.5 Å². The van der Waals surface area contributed by atoms with E-state index in [4.69, 9.17) is 5.73 Å². The summed E-state index contributed by atoms with van der Waals surface area (Å²) < 4.78 is 0. The molecule has 0 heterocycles. The van der Waals surface area contributed by atoms with E-state index in [1.54, 1.807) is 13.8 Å². The zero-order valence-corrected chi connectivity index (χ0v) is 12.2. The minimum atomic E-state index is -0.893. The predicted octanol–water partition coefficient (Wildman–Crippen LogP) is 0.602. The highest BCUT2D eigenvalue weighted by Crippen LogP contribution is 2.25. The van der Waals surface area contributed by atoms with Crippen LogP contribution in [0.3, 0.4) is 0 Å². The Bertz CT molecular complexity index is 330. The van der Waals surface area contributed by atoms with Crippen LogP contribution in [0.4, 0.5) is 0 Å². The van der Waals surface area contributed by atoms with Crippen LogP contribution in [0.1, 0.15) is 33.1 Å². The molecule has 2 amide bonds. The van der Waals surface area contributed by atoms with Gasteiger partial charge in [0.25, 0.3) is 0 Å². The molecule has 0 rings (SSSR count). The third-order valence-electron chi connectivity index (χ3n) is 3.15. The number of carbonyl (C=O) groups excluding carboxylic acids is 2. The second-order valence-electron chi connectivity index (χ2n) is 4.34. The Kier molecular flexibility index (Phi) is 8.22. The van der Waals surface area contributed by atoms with E-state index in [2.05, 4.69) is 5.32 Å². The molecule has 0 unspecified atom stereocenters. The summed E-state index contributed by atoms with van der Waals surface area (Å²) in [5.74, 6) is -0.818. The number of primary amides is 1. The fourth-order valence-electron chi connectivity index (χ4n) is 1.57. The number of nitrogens with two attached hydrogens (primary N) is 1. The Balaban J connectivity index is 4.06. The van der Waals surface area contributed by atoms with Crippen LogP contribution < -0.4 is 11.1 Å². The first-order valence-electron chi connectivity index (χ1n) is 6.24. The van der Waals surface area contributed by atoms with Crippen LogP contribution in [0.5, 0.6) is 0 Å². The number of carboxylic acids is 1. The summed E-state index contributed by atoms with van der Waals surface area (Å²) in [6, 6.07) is 0. The van der Waals surface area contributed by atoms with Crippen LogP contribution in [-0.4, -0.2) is 40.9 Å². The summed E-state index contributed by atoms with van der Waals surface area (Å²) in [5.41, 5.74) is 4.08. The molecule has 4 N–H and O–H groups in total. The SMILES string of the molecule is CCC(CC)(CNC(=O)CCSCC(N)=O)C(=O)O. The number of aliphatic carboxylic acids is 1. The predicted molar refractivity (Wildman–Crippen MR) is 74.8 cm³/mol. The molecule has 0 aromatic heterocycles. The highest BCUT2D eigenvalue weighted by Gasteiger charge is 2.34. The van der Waals surface area contributed by atoms with Crippen molar-refractivity contribution in [3.63, 3.8) is 0 Å². The van der Waals surface area contributed by atoms with Crippen LogP contribution in [0.25, 0.3) is 0 Å². The number of nitrogens with one attached hydrogen (secondary N) is 1. The number of carboxylic acid groups (broad SMARTS) is 1. The number of amides is 2. The number of thioether (sulfide) groups is 1. The Hall–Kier alpha value is -1.24. The Morgan fingerprint density at radius 2 is 1.84 bits per heavy atom. The van der Waals surface area contributed by atoms with Crippen LogP contribution in [0.15, 0.2) is 0 Å². The van der Waals surface area contributed by atoms with Gasteiger partial charge in [-0.2, -0.15) is 11.8 Å². The van der Waals surface area contributed by atoms with Crippen LogP contribution in [0.2, 0.25) is 0 Å². The Labute approximate surface area is 117 Å². The average Bonchev–Trinajstić information content (AvgIpc) is 2.36. The van der Waals surface area contributed by atoms with E-state index in [0.29, 0.717) is 18.6 Å². The van der Waals surface area contributed by atoms with Crippen molar-refractivity contribution in [1.82, 2.24) is 5.32 Å². The molecule has 0 bridgehead atoms. The van der Waals surface area contributed by atoms with Crippen molar-refractivity contribution in [2.24, 2.45) is 11.1 Å². The molecule has 0 aliphatic heterocycles. The van der Waals surface area contributed by atoms with Gasteiger partial charge in [0, 0.05) is 18.7 Å². The third kappa shape index (κ3) is 6.47. The molecule has 0 aliphatic rings. The number of hydrogen-bond acceptors (Lipinski definition) is 4. The van der Waals surface area contributed by atoms with Crippen LogP contribution >= 0.6 is 11.8 Å². The molecule has 0 saturated heterocycles. The summed E-state index contributed by atoms with van der Waals surface area (Å²) >= 11 is 1.29. The molecule has 0 spiro atoms. The third-order valence-corrected chi connectivity index (χ3v) is 4.13. The number of hydrogen-bond donors (Lipinski definition) is 3. The van der Waals surface area contributed by atoms with Gasteiger partial charge in [0.2, 0.25) is 11.8 Å². The topological polar surface area (TPSA) is 109 Å². The van der Waals surface area contributed by atoms with Gasteiger partial charge in [0.05, 0.1) is 11.2 Å². The highest BCUT2D eigenvalue weighted by molar-refractivity contribution is 7.99. The molecule has 0 saturated carbocycles. The monoisotopic (exact) mass is 290 g/mol. The largest absolute Gasteiger partial charge is 0.481 e. The minimum absolute atomic E-state index is 0.134. The molecule has 19 heavy (non-hydrogen) atoms. The van der Waals surface area contributed by atoms with E-state index in [1.807, 2.05) is 0 Å². The maximum absolute atomic E-state index is 11.6. The summed E-state index contributed by atoms with van der Waals surface area (Å²) in [6.07, 6.45) is 1.19. The fourth-order valence-corrected chi connectivity index (χ4v) is 2.25. The van der Waals surface area contributed by atoms with Gasteiger partial charge in [-0.25, -0.2) is 0 Å². The van der Waals surface area contributed by atoms with Gasteiger partial charge in [-0.3, -0.25) is 14.4 Å². The molecule has 0 radical (unpaired) electrons. The van der Waals surface area contributed by atoms with E-state index < -0.39 is 17.3 Å². The molecule has 0 aliphatic carbocycles. The highest BCUT2D eigenvalue weighted by atomic mass is 32.2. The summed E-state index contributed by atoms with van der Waals surface area (Å²) in [5, 5.41) is 11.9. The Morgan fingerprint density at radius 1 is 1.26 bits per heavy atom. The van der Waals surface area contributed by atoms with Gasteiger partial charge in [0.1, 0.15) is 0 Å². The lowest BCUT2D eigenvalue weighted by atomic mass is 9.82. The van der Waals surface area contributed by atoms with Crippen molar-refractivity contribution in [3.05, 3.63) is 0 Å². The maximum atomic E-state index is 11.6. The number of carbonyl (C=O) groups is 3.